The van der Waals surface area contributed by atoms with Crippen LogP contribution in [-0.2, 0) is 16.0 Å². The molecule has 0 saturated carbocycles. The highest BCUT2D eigenvalue weighted by molar-refractivity contribution is 7.14. The predicted octanol–water partition coefficient (Wildman–Crippen LogP) is 5.01. The molecule has 0 bridgehead atoms. The predicted molar refractivity (Wildman–Crippen MR) is 114 cm³/mol. The summed E-state index contributed by atoms with van der Waals surface area (Å²) in [4.78, 5) is 29.9. The van der Waals surface area contributed by atoms with Crippen molar-refractivity contribution in [3.63, 3.8) is 0 Å². The number of halogens is 3. The average Bonchev–Trinajstić information content (AvgIpc) is 3.22. The largest absolute Gasteiger partial charge is 0.573 e. The second-order valence-corrected chi connectivity index (χ2v) is 7.78. The SMILES string of the molecule is CN(C(=O)[C@@H](CC(=O)O)Cc1ccccc1)c1nc(-c2ccccc2OC(F)(F)F)cs1. The Bertz CT molecular complexity index is 1090. The number of aliphatic carboxylic acids is 1. The van der Waals surface area contributed by atoms with Gasteiger partial charge in [-0.25, -0.2) is 4.98 Å². The molecule has 2 aromatic carbocycles. The van der Waals surface area contributed by atoms with Crippen LogP contribution in [-0.4, -0.2) is 35.4 Å². The number of carbonyl (C=O) groups excluding carboxylic acids is 1. The first kappa shape index (κ1) is 23.3. The van der Waals surface area contributed by atoms with Crippen molar-refractivity contribution in [2.45, 2.75) is 19.2 Å². The van der Waals surface area contributed by atoms with Gasteiger partial charge in [0.15, 0.2) is 5.13 Å². The Balaban J connectivity index is 1.83. The fourth-order valence-corrected chi connectivity index (χ4v) is 3.95. The minimum Gasteiger partial charge on any atom is -0.481 e. The zero-order chi connectivity index (χ0) is 23.3. The number of aromatic nitrogens is 1. The Morgan fingerprint density at radius 1 is 1.12 bits per heavy atom. The Kier molecular flexibility index (Phi) is 7.14. The molecule has 0 unspecified atom stereocenters. The second-order valence-electron chi connectivity index (χ2n) is 6.94. The number of alkyl halides is 3. The van der Waals surface area contributed by atoms with Gasteiger partial charge in [0.2, 0.25) is 5.91 Å². The summed E-state index contributed by atoms with van der Waals surface area (Å²) in [7, 11) is 1.46. The van der Waals surface area contributed by atoms with E-state index in [1.165, 1.54) is 35.5 Å². The van der Waals surface area contributed by atoms with Crippen molar-refractivity contribution in [3.05, 3.63) is 65.5 Å². The Morgan fingerprint density at radius 3 is 2.44 bits per heavy atom. The molecule has 1 amide bonds. The van der Waals surface area contributed by atoms with E-state index in [9.17, 15) is 27.9 Å². The Hall–Kier alpha value is -3.40. The first-order valence-corrected chi connectivity index (χ1v) is 10.4. The van der Waals surface area contributed by atoms with Crippen LogP contribution in [0.4, 0.5) is 18.3 Å². The van der Waals surface area contributed by atoms with Gasteiger partial charge < -0.3 is 9.84 Å². The summed E-state index contributed by atoms with van der Waals surface area (Å²) in [5.74, 6) is -2.78. The number of carboxylic acids is 1. The molecule has 0 saturated heterocycles. The van der Waals surface area contributed by atoms with Crippen molar-refractivity contribution in [1.82, 2.24) is 4.98 Å². The highest BCUT2D eigenvalue weighted by Crippen LogP contribution is 2.36. The van der Waals surface area contributed by atoms with Gasteiger partial charge >= 0.3 is 12.3 Å². The smallest absolute Gasteiger partial charge is 0.481 e. The maximum absolute atomic E-state index is 13.0. The molecular formula is C22H19F3N2O4S. The van der Waals surface area contributed by atoms with Gasteiger partial charge in [-0.05, 0) is 24.1 Å². The Labute approximate surface area is 185 Å². The van der Waals surface area contributed by atoms with Crippen LogP contribution >= 0.6 is 11.3 Å². The van der Waals surface area contributed by atoms with E-state index in [1.54, 1.807) is 30.3 Å². The number of amides is 1. The van der Waals surface area contributed by atoms with Crippen LogP contribution in [0.1, 0.15) is 12.0 Å². The number of rotatable bonds is 8. The van der Waals surface area contributed by atoms with Crippen LogP contribution in [0.25, 0.3) is 11.3 Å². The number of thiazole rings is 1. The molecule has 3 rings (SSSR count). The summed E-state index contributed by atoms with van der Waals surface area (Å²) in [5.41, 5.74) is 1.15. The van der Waals surface area contributed by atoms with Crippen LogP contribution in [0.15, 0.2) is 60.0 Å². The molecule has 6 nitrogen and oxygen atoms in total. The number of nitrogens with zero attached hydrogens (tertiary/aromatic N) is 2. The van der Waals surface area contributed by atoms with Crippen molar-refractivity contribution < 1.29 is 32.6 Å². The molecule has 0 radical (unpaired) electrons. The minimum atomic E-state index is -4.86. The van der Waals surface area contributed by atoms with Crippen molar-refractivity contribution >= 4 is 28.3 Å². The van der Waals surface area contributed by atoms with Gasteiger partial charge in [0, 0.05) is 18.0 Å². The van der Waals surface area contributed by atoms with E-state index in [2.05, 4.69) is 9.72 Å². The maximum Gasteiger partial charge on any atom is 0.573 e. The molecule has 10 heteroatoms. The fourth-order valence-electron chi connectivity index (χ4n) is 3.16. The maximum atomic E-state index is 13.0. The molecule has 1 atom stereocenters. The third-order valence-corrected chi connectivity index (χ3v) is 5.51. The number of benzene rings is 2. The lowest BCUT2D eigenvalue weighted by Crippen LogP contribution is -2.35. The van der Waals surface area contributed by atoms with E-state index in [-0.39, 0.29) is 29.2 Å². The molecule has 0 fully saturated rings. The molecule has 32 heavy (non-hydrogen) atoms. The number of para-hydroxylation sites is 1. The second kappa shape index (κ2) is 9.82. The van der Waals surface area contributed by atoms with E-state index in [0.29, 0.717) is 0 Å². The lowest BCUT2D eigenvalue weighted by Gasteiger charge is -2.21. The molecule has 0 aliphatic rings. The third kappa shape index (κ3) is 6.07. The summed E-state index contributed by atoms with van der Waals surface area (Å²) >= 11 is 1.06. The van der Waals surface area contributed by atoms with E-state index in [0.717, 1.165) is 16.9 Å². The first-order valence-electron chi connectivity index (χ1n) is 9.48. The van der Waals surface area contributed by atoms with Crippen LogP contribution in [0, 0.1) is 5.92 Å². The van der Waals surface area contributed by atoms with Crippen molar-refractivity contribution in [2.24, 2.45) is 5.92 Å². The number of hydrogen-bond donors (Lipinski definition) is 1. The third-order valence-electron chi connectivity index (χ3n) is 4.59. The standard InChI is InChI=1S/C22H19F3N2O4S/c1-27(20(30)15(12-19(28)29)11-14-7-3-2-4-8-14)21-26-17(13-32-21)16-9-5-6-10-18(16)31-22(23,24)25/h2-10,13,15H,11-12H2,1H3,(H,28,29)/t15-/m1/s1. The van der Waals surface area contributed by atoms with Crippen LogP contribution in [0.3, 0.4) is 0 Å². The molecule has 1 aromatic heterocycles. The van der Waals surface area contributed by atoms with Crippen LogP contribution in [0.5, 0.6) is 5.75 Å². The summed E-state index contributed by atoms with van der Waals surface area (Å²) in [6.07, 6.45) is -4.99. The minimum absolute atomic E-state index is 0.125. The Morgan fingerprint density at radius 2 is 1.78 bits per heavy atom. The van der Waals surface area contributed by atoms with Gasteiger partial charge in [-0.15, -0.1) is 24.5 Å². The van der Waals surface area contributed by atoms with E-state index < -0.39 is 29.9 Å². The number of ether oxygens (including phenoxy) is 1. The van der Waals surface area contributed by atoms with Crippen molar-refractivity contribution in [3.8, 4) is 17.0 Å². The van der Waals surface area contributed by atoms with Crippen molar-refractivity contribution in [2.75, 3.05) is 11.9 Å². The topological polar surface area (TPSA) is 79.7 Å². The highest BCUT2D eigenvalue weighted by atomic mass is 32.1. The lowest BCUT2D eigenvalue weighted by molar-refractivity contribution is -0.274. The molecule has 168 valence electrons. The van der Waals surface area contributed by atoms with E-state index in [4.69, 9.17) is 0 Å². The van der Waals surface area contributed by atoms with Crippen molar-refractivity contribution in [1.29, 1.82) is 0 Å². The lowest BCUT2D eigenvalue weighted by atomic mass is 9.95. The van der Waals surface area contributed by atoms with Gasteiger partial charge in [-0.1, -0.05) is 42.5 Å². The van der Waals surface area contributed by atoms with Gasteiger partial charge in [0.1, 0.15) is 5.75 Å². The van der Waals surface area contributed by atoms with Gasteiger partial charge in [0.05, 0.1) is 18.0 Å². The van der Waals surface area contributed by atoms with Crippen LogP contribution < -0.4 is 9.64 Å². The fraction of sp³-hybridized carbons (Fsp3) is 0.227. The van der Waals surface area contributed by atoms with Crippen LogP contribution in [0.2, 0.25) is 0 Å². The first-order chi connectivity index (χ1) is 15.1. The van der Waals surface area contributed by atoms with Gasteiger partial charge in [-0.3, -0.25) is 14.5 Å². The van der Waals surface area contributed by atoms with E-state index >= 15 is 0 Å². The number of anilines is 1. The molecule has 0 aliphatic carbocycles. The number of carboxylic acid groups (broad SMARTS) is 1. The number of carbonyl (C=O) groups is 2. The van der Waals surface area contributed by atoms with E-state index in [1.807, 2.05) is 6.07 Å². The van der Waals surface area contributed by atoms with Gasteiger partial charge in [0.25, 0.3) is 0 Å². The highest BCUT2D eigenvalue weighted by Gasteiger charge is 2.33. The zero-order valence-electron chi connectivity index (χ0n) is 16.9. The summed E-state index contributed by atoms with van der Waals surface area (Å²) in [6.45, 7) is 0. The van der Waals surface area contributed by atoms with Gasteiger partial charge in [-0.2, -0.15) is 0 Å². The molecule has 3 aromatic rings. The molecule has 0 aliphatic heterocycles. The summed E-state index contributed by atoms with van der Waals surface area (Å²) in [5, 5.41) is 11.0. The molecule has 0 spiro atoms. The molecule has 1 heterocycles. The molecule has 1 N–H and O–H groups in total. The zero-order valence-corrected chi connectivity index (χ0v) is 17.7. The summed E-state index contributed by atoms with van der Waals surface area (Å²) < 4.78 is 42.2. The number of hydrogen-bond acceptors (Lipinski definition) is 5. The summed E-state index contributed by atoms with van der Waals surface area (Å²) in [6, 6.07) is 14.6. The molecular weight excluding hydrogens is 445 g/mol. The normalized spacial score (nSPS) is 12.2. The quantitative estimate of drug-likeness (QED) is 0.507. The average molecular weight is 464 g/mol. The monoisotopic (exact) mass is 464 g/mol.